The SMILES string of the molecule is C1CCN(C2=NC3=NC(N4CCCCC4)=NC3C(N3CCOCC3)=N2)CC1. The molecule has 0 radical (unpaired) electrons. The number of hydrogen-bond acceptors (Lipinski definition) is 8. The lowest BCUT2D eigenvalue weighted by atomic mass is 10.1. The number of guanidine groups is 2. The highest BCUT2D eigenvalue weighted by Gasteiger charge is 2.37. The molecule has 0 aromatic carbocycles. The van der Waals surface area contributed by atoms with Crippen LogP contribution < -0.4 is 0 Å². The maximum atomic E-state index is 5.55. The summed E-state index contributed by atoms with van der Waals surface area (Å²) >= 11 is 0. The van der Waals surface area contributed by atoms with Gasteiger partial charge in [0.15, 0.2) is 11.9 Å². The van der Waals surface area contributed by atoms with Crippen molar-refractivity contribution in [3.05, 3.63) is 0 Å². The molecule has 27 heavy (non-hydrogen) atoms. The molecule has 1 unspecified atom stereocenters. The first-order valence-corrected chi connectivity index (χ1v) is 10.5. The third kappa shape index (κ3) is 3.47. The molecule has 5 aliphatic rings. The summed E-state index contributed by atoms with van der Waals surface area (Å²) in [4.78, 5) is 26.7. The van der Waals surface area contributed by atoms with Gasteiger partial charge < -0.3 is 19.4 Å². The predicted octanol–water partition coefficient (Wildman–Crippen LogP) is 1.20. The molecule has 0 aromatic rings. The summed E-state index contributed by atoms with van der Waals surface area (Å²) in [6.45, 7) is 7.40. The highest BCUT2D eigenvalue weighted by molar-refractivity contribution is 6.24. The molecule has 0 saturated carbocycles. The molecular weight excluding hydrogens is 342 g/mol. The molecule has 0 N–H and O–H groups in total. The summed E-state index contributed by atoms with van der Waals surface area (Å²) in [6, 6.07) is -0.145. The van der Waals surface area contributed by atoms with Gasteiger partial charge in [-0.25, -0.2) is 4.99 Å². The minimum absolute atomic E-state index is 0.145. The molecule has 0 spiro atoms. The van der Waals surface area contributed by atoms with Crippen molar-refractivity contribution in [2.45, 2.75) is 44.6 Å². The van der Waals surface area contributed by atoms with E-state index in [9.17, 15) is 0 Å². The van der Waals surface area contributed by atoms with Gasteiger partial charge in [-0.05, 0) is 38.5 Å². The Morgan fingerprint density at radius 3 is 1.93 bits per heavy atom. The molecule has 0 aliphatic carbocycles. The highest BCUT2D eigenvalue weighted by atomic mass is 16.5. The number of amidine groups is 2. The number of hydrogen-bond donors (Lipinski definition) is 0. The summed E-state index contributed by atoms with van der Waals surface area (Å²) in [5, 5.41) is 0. The number of ether oxygens (including phenoxy) is 1. The third-order valence-electron chi connectivity index (χ3n) is 5.99. The van der Waals surface area contributed by atoms with E-state index in [1.54, 1.807) is 0 Å². The van der Waals surface area contributed by atoms with Crippen LogP contribution in [0.3, 0.4) is 0 Å². The minimum Gasteiger partial charge on any atom is -0.378 e. The first kappa shape index (κ1) is 17.2. The smallest absolute Gasteiger partial charge is 0.228 e. The second kappa shape index (κ2) is 7.58. The van der Waals surface area contributed by atoms with Gasteiger partial charge in [-0.15, -0.1) is 0 Å². The average molecular weight is 371 g/mol. The molecule has 1 atom stereocenters. The average Bonchev–Trinajstić information content (AvgIpc) is 3.19. The Hall–Kier alpha value is -1.96. The number of aliphatic imine (C=N–C) groups is 4. The van der Waals surface area contributed by atoms with Crippen LogP contribution in [0.5, 0.6) is 0 Å². The lowest BCUT2D eigenvalue weighted by Crippen LogP contribution is -2.50. The minimum atomic E-state index is -0.145. The van der Waals surface area contributed by atoms with Crippen LogP contribution in [-0.2, 0) is 4.74 Å². The quantitative estimate of drug-likeness (QED) is 0.642. The molecule has 3 fully saturated rings. The Morgan fingerprint density at radius 1 is 0.630 bits per heavy atom. The topological polar surface area (TPSA) is 68.4 Å². The molecule has 3 saturated heterocycles. The lowest BCUT2D eigenvalue weighted by Gasteiger charge is -2.35. The van der Waals surface area contributed by atoms with Gasteiger partial charge in [0.2, 0.25) is 11.9 Å². The second-order valence-corrected chi connectivity index (χ2v) is 7.88. The highest BCUT2D eigenvalue weighted by Crippen LogP contribution is 2.22. The maximum absolute atomic E-state index is 5.55. The van der Waals surface area contributed by atoms with E-state index in [4.69, 9.17) is 24.7 Å². The first-order chi connectivity index (χ1) is 13.4. The molecule has 0 amide bonds. The molecular formula is C19H29N7O. The van der Waals surface area contributed by atoms with E-state index in [0.29, 0.717) is 0 Å². The molecule has 0 bridgehead atoms. The number of nitrogens with zero attached hydrogens (tertiary/aromatic N) is 7. The van der Waals surface area contributed by atoms with E-state index in [0.717, 1.165) is 76.1 Å². The Kier molecular flexibility index (Phi) is 4.82. The zero-order chi connectivity index (χ0) is 18.1. The Bertz CT molecular complexity index is 680. The van der Waals surface area contributed by atoms with Gasteiger partial charge in [0.05, 0.1) is 13.2 Å². The number of morpholine rings is 1. The van der Waals surface area contributed by atoms with Crippen molar-refractivity contribution in [3.8, 4) is 0 Å². The standard InChI is InChI=1S/C19H29N7O/c1-3-7-25(8-4-1)18-20-15-16(21-18)22-19(26-9-5-2-6-10-26)23-17(15)24-11-13-27-14-12-24/h15H,1-14H2. The third-order valence-corrected chi connectivity index (χ3v) is 5.99. The van der Waals surface area contributed by atoms with Gasteiger partial charge in [0.1, 0.15) is 5.84 Å². The normalized spacial score (nSPS) is 29.0. The Balaban J connectivity index is 1.45. The summed E-state index contributed by atoms with van der Waals surface area (Å²) in [6.07, 6.45) is 7.49. The van der Waals surface area contributed by atoms with E-state index in [-0.39, 0.29) is 6.04 Å². The van der Waals surface area contributed by atoms with Crippen LogP contribution in [0.25, 0.3) is 0 Å². The zero-order valence-electron chi connectivity index (χ0n) is 16.0. The molecule has 8 nitrogen and oxygen atoms in total. The summed E-state index contributed by atoms with van der Waals surface area (Å²) in [5.41, 5.74) is 0. The van der Waals surface area contributed by atoms with Crippen molar-refractivity contribution in [1.29, 1.82) is 0 Å². The van der Waals surface area contributed by atoms with E-state index in [1.807, 2.05) is 0 Å². The predicted molar refractivity (Wildman–Crippen MR) is 107 cm³/mol. The fraction of sp³-hybridized carbons (Fsp3) is 0.789. The van der Waals surface area contributed by atoms with Crippen molar-refractivity contribution in [1.82, 2.24) is 14.7 Å². The summed E-state index contributed by atoms with van der Waals surface area (Å²) < 4.78 is 5.55. The maximum Gasteiger partial charge on any atom is 0.228 e. The summed E-state index contributed by atoms with van der Waals surface area (Å²) in [5.74, 6) is 3.54. The van der Waals surface area contributed by atoms with Crippen molar-refractivity contribution in [3.63, 3.8) is 0 Å². The molecule has 146 valence electrons. The molecule has 0 aromatic heterocycles. The fourth-order valence-electron chi connectivity index (χ4n) is 4.43. The van der Waals surface area contributed by atoms with Crippen LogP contribution in [0.15, 0.2) is 20.0 Å². The van der Waals surface area contributed by atoms with E-state index in [2.05, 4.69) is 14.7 Å². The van der Waals surface area contributed by atoms with Crippen LogP contribution in [0.1, 0.15) is 38.5 Å². The van der Waals surface area contributed by atoms with Gasteiger partial charge in [0, 0.05) is 39.3 Å². The zero-order valence-corrected chi connectivity index (χ0v) is 16.0. The Morgan fingerprint density at radius 2 is 1.26 bits per heavy atom. The van der Waals surface area contributed by atoms with E-state index < -0.39 is 0 Å². The molecule has 5 heterocycles. The van der Waals surface area contributed by atoms with Crippen molar-refractivity contribution in [2.24, 2.45) is 20.0 Å². The van der Waals surface area contributed by atoms with Crippen molar-refractivity contribution >= 4 is 23.6 Å². The number of piperidine rings is 2. The fourth-order valence-corrected chi connectivity index (χ4v) is 4.43. The first-order valence-electron chi connectivity index (χ1n) is 10.5. The molecule has 5 aliphatic heterocycles. The van der Waals surface area contributed by atoms with E-state index >= 15 is 0 Å². The van der Waals surface area contributed by atoms with Gasteiger partial charge in [-0.1, -0.05) is 0 Å². The van der Waals surface area contributed by atoms with Gasteiger partial charge in [-0.2, -0.15) is 15.0 Å². The number of rotatable bonds is 0. The van der Waals surface area contributed by atoms with Crippen molar-refractivity contribution < 1.29 is 4.74 Å². The van der Waals surface area contributed by atoms with Crippen LogP contribution in [0.2, 0.25) is 0 Å². The van der Waals surface area contributed by atoms with Gasteiger partial charge in [0.25, 0.3) is 0 Å². The van der Waals surface area contributed by atoms with Crippen molar-refractivity contribution in [2.75, 3.05) is 52.5 Å². The van der Waals surface area contributed by atoms with Crippen LogP contribution >= 0.6 is 0 Å². The number of fused-ring (bicyclic) bond motifs is 1. The van der Waals surface area contributed by atoms with Crippen LogP contribution in [-0.4, -0.2) is 96.8 Å². The summed E-state index contributed by atoms with van der Waals surface area (Å²) in [7, 11) is 0. The Labute approximate surface area is 160 Å². The lowest BCUT2D eigenvalue weighted by molar-refractivity contribution is 0.0672. The van der Waals surface area contributed by atoms with Crippen LogP contribution in [0, 0.1) is 0 Å². The largest absolute Gasteiger partial charge is 0.378 e. The van der Waals surface area contributed by atoms with Gasteiger partial charge >= 0.3 is 0 Å². The van der Waals surface area contributed by atoms with Gasteiger partial charge in [-0.3, -0.25) is 0 Å². The van der Waals surface area contributed by atoms with Crippen LogP contribution in [0.4, 0.5) is 0 Å². The van der Waals surface area contributed by atoms with E-state index in [1.165, 1.54) is 38.5 Å². The molecule has 8 heteroatoms. The molecule has 5 rings (SSSR count). The number of likely N-dealkylation sites (tertiary alicyclic amines) is 2. The monoisotopic (exact) mass is 371 g/mol. The second-order valence-electron chi connectivity index (χ2n) is 7.88.